The Balaban J connectivity index is 1.72. The van der Waals surface area contributed by atoms with E-state index in [9.17, 15) is 0 Å². The molecule has 2 heterocycles. The summed E-state index contributed by atoms with van der Waals surface area (Å²) in [6.45, 7) is 5.25. The lowest BCUT2D eigenvalue weighted by Gasteiger charge is -2.08. The Morgan fingerprint density at radius 2 is 2.41 bits per heavy atom. The van der Waals surface area contributed by atoms with E-state index in [4.69, 9.17) is 0 Å². The zero-order valence-electron chi connectivity index (χ0n) is 10.2. The molecule has 3 nitrogen and oxygen atoms in total. The van der Waals surface area contributed by atoms with Gasteiger partial charge >= 0.3 is 0 Å². The standard InChI is InChI=1S/C13H19N3S/c1-2-8-16-9-3-4-12(16)11-14-6-5-13-15-7-10-17-13/h3-4,7,9-10,14H,2,5-6,8,11H2,1H3. The Bertz CT molecular complexity index is 420. The zero-order chi connectivity index (χ0) is 11.9. The first kappa shape index (κ1) is 12.3. The van der Waals surface area contributed by atoms with E-state index in [0.29, 0.717) is 0 Å². The second-order valence-corrected chi connectivity index (χ2v) is 5.02. The number of aromatic nitrogens is 2. The van der Waals surface area contributed by atoms with E-state index in [1.807, 2.05) is 11.6 Å². The Morgan fingerprint density at radius 3 is 3.18 bits per heavy atom. The average Bonchev–Trinajstić information content (AvgIpc) is 2.96. The Hall–Kier alpha value is -1.13. The summed E-state index contributed by atoms with van der Waals surface area (Å²) in [6.07, 6.45) is 6.22. The van der Waals surface area contributed by atoms with Gasteiger partial charge in [0, 0.05) is 49.5 Å². The van der Waals surface area contributed by atoms with Crippen molar-refractivity contribution < 1.29 is 0 Å². The fourth-order valence-corrected chi connectivity index (χ4v) is 2.48. The molecule has 0 spiro atoms. The molecule has 92 valence electrons. The molecule has 0 saturated carbocycles. The van der Waals surface area contributed by atoms with Crippen LogP contribution >= 0.6 is 11.3 Å². The highest BCUT2D eigenvalue weighted by molar-refractivity contribution is 7.09. The molecule has 2 rings (SSSR count). The number of nitrogens with zero attached hydrogens (tertiary/aromatic N) is 2. The van der Waals surface area contributed by atoms with Crippen molar-refractivity contribution in [1.29, 1.82) is 0 Å². The van der Waals surface area contributed by atoms with Crippen molar-refractivity contribution in [3.63, 3.8) is 0 Å². The molecule has 0 atom stereocenters. The number of hydrogen-bond donors (Lipinski definition) is 1. The lowest BCUT2D eigenvalue weighted by Crippen LogP contribution is -2.18. The minimum atomic E-state index is 0.943. The molecule has 2 aromatic heterocycles. The minimum Gasteiger partial charge on any atom is -0.350 e. The minimum absolute atomic E-state index is 0.943. The van der Waals surface area contributed by atoms with Gasteiger partial charge in [-0.05, 0) is 18.6 Å². The number of aryl methyl sites for hydroxylation is 1. The van der Waals surface area contributed by atoms with Crippen LogP contribution in [0.3, 0.4) is 0 Å². The second-order valence-electron chi connectivity index (χ2n) is 4.05. The lowest BCUT2D eigenvalue weighted by molar-refractivity contribution is 0.602. The van der Waals surface area contributed by atoms with Gasteiger partial charge in [0.15, 0.2) is 0 Å². The molecule has 0 bridgehead atoms. The van der Waals surface area contributed by atoms with E-state index in [1.165, 1.54) is 17.1 Å². The maximum absolute atomic E-state index is 4.27. The van der Waals surface area contributed by atoms with Gasteiger partial charge in [-0.3, -0.25) is 0 Å². The van der Waals surface area contributed by atoms with Crippen LogP contribution < -0.4 is 5.32 Å². The smallest absolute Gasteiger partial charge is 0.0937 e. The predicted octanol–water partition coefficient (Wildman–Crippen LogP) is 2.69. The van der Waals surface area contributed by atoms with Crippen molar-refractivity contribution >= 4 is 11.3 Å². The molecule has 0 aliphatic heterocycles. The van der Waals surface area contributed by atoms with Crippen LogP contribution in [-0.2, 0) is 19.5 Å². The van der Waals surface area contributed by atoms with Crippen LogP contribution in [0.25, 0.3) is 0 Å². The van der Waals surface area contributed by atoms with E-state index < -0.39 is 0 Å². The van der Waals surface area contributed by atoms with Gasteiger partial charge in [-0.1, -0.05) is 6.92 Å². The van der Waals surface area contributed by atoms with Crippen molar-refractivity contribution in [2.75, 3.05) is 6.54 Å². The normalized spacial score (nSPS) is 10.9. The van der Waals surface area contributed by atoms with Gasteiger partial charge in [0.2, 0.25) is 0 Å². The van der Waals surface area contributed by atoms with Crippen molar-refractivity contribution in [3.05, 3.63) is 40.6 Å². The van der Waals surface area contributed by atoms with Crippen LogP contribution in [-0.4, -0.2) is 16.1 Å². The fourth-order valence-electron chi connectivity index (χ4n) is 1.86. The molecule has 0 radical (unpaired) electrons. The van der Waals surface area contributed by atoms with Crippen molar-refractivity contribution in [3.8, 4) is 0 Å². The number of thiazole rings is 1. The summed E-state index contributed by atoms with van der Waals surface area (Å²) in [6, 6.07) is 4.31. The molecule has 2 aromatic rings. The first-order chi connectivity index (χ1) is 8.40. The quantitative estimate of drug-likeness (QED) is 0.765. The number of nitrogens with one attached hydrogen (secondary N) is 1. The van der Waals surface area contributed by atoms with Gasteiger partial charge < -0.3 is 9.88 Å². The third-order valence-corrected chi connectivity index (χ3v) is 3.53. The highest BCUT2D eigenvalue weighted by atomic mass is 32.1. The highest BCUT2D eigenvalue weighted by Gasteiger charge is 2.00. The van der Waals surface area contributed by atoms with Gasteiger partial charge in [-0.2, -0.15) is 0 Å². The predicted molar refractivity (Wildman–Crippen MR) is 72.2 cm³/mol. The summed E-state index contributed by atoms with van der Waals surface area (Å²) in [4.78, 5) is 4.27. The van der Waals surface area contributed by atoms with E-state index in [1.54, 1.807) is 11.3 Å². The molecule has 0 unspecified atom stereocenters. The zero-order valence-corrected chi connectivity index (χ0v) is 11.0. The van der Waals surface area contributed by atoms with Crippen LogP contribution in [0, 0.1) is 0 Å². The third kappa shape index (κ3) is 3.68. The maximum atomic E-state index is 4.27. The topological polar surface area (TPSA) is 29.9 Å². The summed E-state index contributed by atoms with van der Waals surface area (Å²) in [5.74, 6) is 0. The summed E-state index contributed by atoms with van der Waals surface area (Å²) in [7, 11) is 0. The van der Waals surface area contributed by atoms with Crippen LogP contribution in [0.2, 0.25) is 0 Å². The first-order valence-electron chi connectivity index (χ1n) is 6.13. The molecule has 0 fully saturated rings. The van der Waals surface area contributed by atoms with Crippen molar-refractivity contribution in [2.24, 2.45) is 0 Å². The SMILES string of the molecule is CCCn1cccc1CNCCc1nccs1. The molecule has 17 heavy (non-hydrogen) atoms. The molecule has 0 amide bonds. The maximum Gasteiger partial charge on any atom is 0.0937 e. The number of hydrogen-bond acceptors (Lipinski definition) is 3. The van der Waals surface area contributed by atoms with E-state index in [2.05, 4.69) is 40.1 Å². The van der Waals surface area contributed by atoms with Gasteiger partial charge in [-0.25, -0.2) is 4.98 Å². The third-order valence-electron chi connectivity index (χ3n) is 2.69. The Morgan fingerprint density at radius 1 is 1.47 bits per heavy atom. The molecule has 0 aromatic carbocycles. The summed E-state index contributed by atoms with van der Waals surface area (Å²) in [5, 5.41) is 6.71. The molecule has 1 N–H and O–H groups in total. The number of rotatable bonds is 7. The van der Waals surface area contributed by atoms with Crippen LogP contribution in [0.5, 0.6) is 0 Å². The Labute approximate surface area is 107 Å². The fraction of sp³-hybridized carbons (Fsp3) is 0.462. The molecular formula is C13H19N3S. The van der Waals surface area contributed by atoms with E-state index in [0.717, 1.165) is 26.1 Å². The first-order valence-corrected chi connectivity index (χ1v) is 7.01. The lowest BCUT2D eigenvalue weighted by atomic mass is 10.3. The van der Waals surface area contributed by atoms with E-state index in [-0.39, 0.29) is 0 Å². The van der Waals surface area contributed by atoms with Gasteiger partial charge in [0.1, 0.15) is 0 Å². The van der Waals surface area contributed by atoms with Crippen molar-refractivity contribution in [2.45, 2.75) is 32.9 Å². The van der Waals surface area contributed by atoms with Crippen LogP contribution in [0.1, 0.15) is 24.0 Å². The average molecular weight is 249 g/mol. The monoisotopic (exact) mass is 249 g/mol. The second kappa shape index (κ2) is 6.57. The molecule has 0 aliphatic carbocycles. The summed E-state index contributed by atoms with van der Waals surface area (Å²) in [5.41, 5.74) is 1.37. The van der Waals surface area contributed by atoms with Crippen LogP contribution in [0.15, 0.2) is 29.9 Å². The summed E-state index contributed by atoms with van der Waals surface area (Å²) < 4.78 is 2.32. The van der Waals surface area contributed by atoms with Gasteiger partial charge in [0.25, 0.3) is 0 Å². The van der Waals surface area contributed by atoms with Crippen molar-refractivity contribution in [1.82, 2.24) is 14.9 Å². The van der Waals surface area contributed by atoms with Gasteiger partial charge in [0.05, 0.1) is 5.01 Å². The van der Waals surface area contributed by atoms with E-state index >= 15 is 0 Å². The Kier molecular flexibility index (Phi) is 4.76. The molecular weight excluding hydrogens is 230 g/mol. The molecule has 4 heteroatoms. The van der Waals surface area contributed by atoms with Gasteiger partial charge in [-0.15, -0.1) is 11.3 Å². The van der Waals surface area contributed by atoms with Crippen LogP contribution in [0.4, 0.5) is 0 Å². The highest BCUT2D eigenvalue weighted by Crippen LogP contribution is 2.05. The largest absolute Gasteiger partial charge is 0.350 e. The molecule has 0 aliphatic rings. The molecule has 0 saturated heterocycles. The summed E-state index contributed by atoms with van der Waals surface area (Å²) >= 11 is 1.73.